The zero-order valence-corrected chi connectivity index (χ0v) is 14.2. The summed E-state index contributed by atoms with van der Waals surface area (Å²) in [5, 5.41) is 3.42. The van der Waals surface area contributed by atoms with Crippen LogP contribution >= 0.6 is 11.3 Å². The second kappa shape index (κ2) is 7.70. The van der Waals surface area contributed by atoms with Crippen LogP contribution < -0.4 is 0 Å². The predicted octanol–water partition coefficient (Wildman–Crippen LogP) is 3.33. The van der Waals surface area contributed by atoms with Crippen LogP contribution in [0.3, 0.4) is 0 Å². The Labute approximate surface area is 133 Å². The largest absolute Gasteiger partial charge is 0.302 e. The van der Waals surface area contributed by atoms with E-state index in [0.29, 0.717) is 0 Å². The van der Waals surface area contributed by atoms with Crippen molar-refractivity contribution in [3.8, 4) is 0 Å². The van der Waals surface area contributed by atoms with Crippen molar-refractivity contribution in [2.75, 3.05) is 32.7 Å². The van der Waals surface area contributed by atoms with Crippen molar-refractivity contribution in [3.05, 3.63) is 16.1 Å². The van der Waals surface area contributed by atoms with Gasteiger partial charge in [-0.1, -0.05) is 19.3 Å². The van der Waals surface area contributed by atoms with Crippen LogP contribution in [0.15, 0.2) is 5.38 Å². The molecule has 0 amide bonds. The normalized spacial score (nSPS) is 23.3. The molecule has 1 saturated heterocycles. The Morgan fingerprint density at radius 3 is 2.71 bits per heavy atom. The monoisotopic (exact) mass is 307 g/mol. The van der Waals surface area contributed by atoms with E-state index in [1.54, 1.807) is 11.3 Å². The Bertz CT molecular complexity index is 425. The van der Waals surface area contributed by atoms with Gasteiger partial charge in [0.05, 0.1) is 10.7 Å². The second-order valence-electron chi connectivity index (χ2n) is 6.63. The summed E-state index contributed by atoms with van der Waals surface area (Å²) in [5.41, 5.74) is 1.28. The topological polar surface area (TPSA) is 19.4 Å². The van der Waals surface area contributed by atoms with Gasteiger partial charge in [-0.25, -0.2) is 4.98 Å². The zero-order chi connectivity index (χ0) is 14.5. The fourth-order valence-corrected chi connectivity index (χ4v) is 4.47. The van der Waals surface area contributed by atoms with Gasteiger partial charge >= 0.3 is 0 Å². The highest BCUT2D eigenvalue weighted by Gasteiger charge is 2.23. The van der Waals surface area contributed by atoms with E-state index in [2.05, 4.69) is 27.1 Å². The molecular weight excluding hydrogens is 278 g/mol. The van der Waals surface area contributed by atoms with E-state index >= 15 is 0 Å². The average Bonchev–Trinajstić information content (AvgIpc) is 2.80. The van der Waals surface area contributed by atoms with Gasteiger partial charge in [-0.2, -0.15) is 0 Å². The van der Waals surface area contributed by atoms with Gasteiger partial charge in [0, 0.05) is 37.5 Å². The minimum atomic E-state index is 0.889. The molecule has 1 aliphatic carbocycles. The minimum absolute atomic E-state index is 0.889. The first-order chi connectivity index (χ1) is 10.3. The smallest absolute Gasteiger partial charge is 0.0897 e. The SMILES string of the molecule is Cc1nc(CCN2CCCN(C3CCCCC3)CC2)cs1. The van der Waals surface area contributed by atoms with E-state index < -0.39 is 0 Å². The van der Waals surface area contributed by atoms with Gasteiger partial charge in [-0.05, 0) is 39.3 Å². The Hall–Kier alpha value is -0.450. The molecule has 0 spiro atoms. The maximum atomic E-state index is 4.59. The lowest BCUT2D eigenvalue weighted by Gasteiger charge is -2.33. The molecule has 0 aromatic carbocycles. The molecular formula is C17H29N3S. The lowest BCUT2D eigenvalue weighted by Crippen LogP contribution is -2.39. The summed E-state index contributed by atoms with van der Waals surface area (Å²) in [5.74, 6) is 0. The first-order valence-electron chi connectivity index (χ1n) is 8.69. The fraction of sp³-hybridized carbons (Fsp3) is 0.824. The number of hydrogen-bond donors (Lipinski definition) is 0. The van der Waals surface area contributed by atoms with Gasteiger partial charge in [0.15, 0.2) is 0 Å². The van der Waals surface area contributed by atoms with Crippen molar-refractivity contribution >= 4 is 11.3 Å². The Morgan fingerprint density at radius 2 is 1.95 bits per heavy atom. The molecule has 3 rings (SSSR count). The zero-order valence-electron chi connectivity index (χ0n) is 13.4. The molecule has 0 radical (unpaired) electrons. The van der Waals surface area contributed by atoms with E-state index in [1.807, 2.05) is 0 Å². The Balaban J connectivity index is 1.44. The summed E-state index contributed by atoms with van der Waals surface area (Å²) in [4.78, 5) is 10.0. The molecule has 1 aromatic heterocycles. The summed E-state index contributed by atoms with van der Waals surface area (Å²) in [7, 11) is 0. The molecule has 1 aliphatic heterocycles. The summed E-state index contributed by atoms with van der Waals surface area (Å²) in [6, 6.07) is 0.889. The quantitative estimate of drug-likeness (QED) is 0.850. The van der Waals surface area contributed by atoms with Crippen molar-refractivity contribution in [3.63, 3.8) is 0 Å². The van der Waals surface area contributed by atoms with E-state index in [1.165, 1.54) is 82.0 Å². The molecule has 2 fully saturated rings. The molecule has 2 heterocycles. The first kappa shape index (κ1) is 15.4. The maximum absolute atomic E-state index is 4.59. The van der Waals surface area contributed by atoms with Gasteiger partial charge in [-0.3, -0.25) is 4.90 Å². The van der Waals surface area contributed by atoms with Crippen LogP contribution in [0.5, 0.6) is 0 Å². The highest BCUT2D eigenvalue weighted by molar-refractivity contribution is 7.09. The minimum Gasteiger partial charge on any atom is -0.302 e. The number of aryl methyl sites for hydroxylation is 1. The Morgan fingerprint density at radius 1 is 1.10 bits per heavy atom. The van der Waals surface area contributed by atoms with Gasteiger partial charge in [-0.15, -0.1) is 11.3 Å². The van der Waals surface area contributed by atoms with Gasteiger partial charge in [0.1, 0.15) is 0 Å². The highest BCUT2D eigenvalue weighted by Crippen LogP contribution is 2.23. The van der Waals surface area contributed by atoms with Gasteiger partial charge < -0.3 is 4.90 Å². The maximum Gasteiger partial charge on any atom is 0.0897 e. The van der Waals surface area contributed by atoms with E-state index in [-0.39, 0.29) is 0 Å². The number of rotatable bonds is 4. The van der Waals surface area contributed by atoms with Crippen molar-refractivity contribution in [2.24, 2.45) is 0 Å². The number of aromatic nitrogens is 1. The van der Waals surface area contributed by atoms with Gasteiger partial charge in [0.25, 0.3) is 0 Å². The van der Waals surface area contributed by atoms with Crippen LogP contribution in [0, 0.1) is 6.92 Å². The summed E-state index contributed by atoms with van der Waals surface area (Å²) in [6.45, 7) is 8.40. The molecule has 3 nitrogen and oxygen atoms in total. The second-order valence-corrected chi connectivity index (χ2v) is 7.69. The first-order valence-corrected chi connectivity index (χ1v) is 9.56. The summed E-state index contributed by atoms with van der Waals surface area (Å²) < 4.78 is 0. The Kier molecular flexibility index (Phi) is 5.67. The molecule has 0 bridgehead atoms. The van der Waals surface area contributed by atoms with Crippen molar-refractivity contribution < 1.29 is 0 Å². The highest BCUT2D eigenvalue weighted by atomic mass is 32.1. The molecule has 118 valence electrons. The van der Waals surface area contributed by atoms with Crippen LogP contribution in [0.1, 0.15) is 49.2 Å². The van der Waals surface area contributed by atoms with Crippen LogP contribution in [-0.2, 0) is 6.42 Å². The van der Waals surface area contributed by atoms with Crippen molar-refractivity contribution in [1.29, 1.82) is 0 Å². The van der Waals surface area contributed by atoms with Crippen LogP contribution in [0.2, 0.25) is 0 Å². The molecule has 1 aromatic rings. The average molecular weight is 308 g/mol. The third kappa shape index (κ3) is 4.51. The predicted molar refractivity (Wildman–Crippen MR) is 90.1 cm³/mol. The standard InChI is InChI=1S/C17H29N3S/c1-15-18-16(14-21-15)8-11-19-9-5-10-20(13-12-19)17-6-3-2-4-7-17/h14,17H,2-13H2,1H3. The van der Waals surface area contributed by atoms with Crippen LogP contribution in [0.25, 0.3) is 0 Å². The van der Waals surface area contributed by atoms with Crippen molar-refractivity contribution in [1.82, 2.24) is 14.8 Å². The van der Waals surface area contributed by atoms with Gasteiger partial charge in [0.2, 0.25) is 0 Å². The molecule has 4 heteroatoms. The summed E-state index contributed by atoms with van der Waals surface area (Å²) >= 11 is 1.78. The molecule has 2 aliphatic rings. The van der Waals surface area contributed by atoms with Crippen LogP contribution in [-0.4, -0.2) is 53.5 Å². The van der Waals surface area contributed by atoms with E-state index in [0.717, 1.165) is 12.5 Å². The third-order valence-electron chi connectivity index (χ3n) is 5.06. The molecule has 21 heavy (non-hydrogen) atoms. The lowest BCUT2D eigenvalue weighted by atomic mass is 9.94. The lowest BCUT2D eigenvalue weighted by molar-refractivity contribution is 0.159. The third-order valence-corrected chi connectivity index (χ3v) is 5.89. The molecule has 1 saturated carbocycles. The summed E-state index contributed by atoms with van der Waals surface area (Å²) in [6.07, 6.45) is 9.71. The molecule has 0 atom stereocenters. The molecule has 0 unspecified atom stereocenters. The number of hydrogen-bond acceptors (Lipinski definition) is 4. The van der Waals surface area contributed by atoms with Crippen LogP contribution in [0.4, 0.5) is 0 Å². The van der Waals surface area contributed by atoms with E-state index in [9.17, 15) is 0 Å². The number of thiazole rings is 1. The van der Waals surface area contributed by atoms with E-state index in [4.69, 9.17) is 0 Å². The van der Waals surface area contributed by atoms with Crippen molar-refractivity contribution in [2.45, 2.75) is 57.9 Å². The molecule has 0 N–H and O–H groups in total. The fourth-order valence-electron chi connectivity index (χ4n) is 3.82. The number of nitrogens with zero attached hydrogens (tertiary/aromatic N) is 3.